The van der Waals surface area contributed by atoms with Gasteiger partial charge in [-0.3, -0.25) is 4.57 Å². The normalized spacial score (nSPS) is 14.5. The molecule has 2 N–H and O–H groups in total. The second-order valence-electron chi connectivity index (χ2n) is 12.2. The van der Waals surface area contributed by atoms with E-state index in [2.05, 4.69) is 122 Å². The third-order valence-corrected chi connectivity index (χ3v) is 9.17. The smallest absolute Gasteiger partial charge is 0.118 e. The topological polar surface area (TPSA) is 67.1 Å². The number of nitrogens with zero attached hydrogens (tertiary/aromatic N) is 3. The lowest BCUT2D eigenvalue weighted by molar-refractivity contribution is 0.630. The maximum absolute atomic E-state index is 9.71. The predicted octanol–water partition coefficient (Wildman–Crippen LogP) is 9.08. The van der Waals surface area contributed by atoms with Crippen LogP contribution < -0.4 is 5.73 Å². The van der Waals surface area contributed by atoms with Crippen molar-refractivity contribution in [1.82, 2.24) is 4.57 Å². The monoisotopic (exact) mass is 566 g/mol. The highest BCUT2D eigenvalue weighted by atomic mass is 15.1. The van der Waals surface area contributed by atoms with Crippen molar-refractivity contribution in [2.45, 2.75) is 25.7 Å². The average molecular weight is 567 g/mol. The molecule has 0 atom stereocenters. The molecule has 1 aromatic heterocycles. The number of fused-ring (bicyclic) bond motifs is 7. The maximum Gasteiger partial charge on any atom is 0.118 e. The summed E-state index contributed by atoms with van der Waals surface area (Å²) in [5.41, 5.74) is 14.2. The Hall–Kier alpha value is -5.66. The molecule has 1 aliphatic rings. The van der Waals surface area contributed by atoms with Gasteiger partial charge in [-0.25, -0.2) is 4.99 Å². The van der Waals surface area contributed by atoms with Gasteiger partial charge < -0.3 is 5.73 Å². The van der Waals surface area contributed by atoms with Crippen molar-refractivity contribution in [3.8, 4) is 6.07 Å². The Morgan fingerprint density at radius 3 is 2.27 bits per heavy atom. The fourth-order valence-corrected chi connectivity index (χ4v) is 7.02. The molecular formula is C40H30N4. The summed E-state index contributed by atoms with van der Waals surface area (Å²) in [4.78, 5) is 5.56. The second-order valence-corrected chi connectivity index (χ2v) is 12.2. The third kappa shape index (κ3) is 3.87. The zero-order valence-electron chi connectivity index (χ0n) is 24.7. The molecule has 4 heteroatoms. The van der Waals surface area contributed by atoms with Crippen LogP contribution in [0.3, 0.4) is 0 Å². The van der Waals surface area contributed by atoms with Crippen LogP contribution >= 0.6 is 0 Å². The summed E-state index contributed by atoms with van der Waals surface area (Å²) in [7, 11) is 0. The van der Waals surface area contributed by atoms with Crippen LogP contribution in [-0.4, -0.2) is 10.4 Å². The minimum absolute atomic E-state index is 0.381. The van der Waals surface area contributed by atoms with Crippen LogP contribution in [0.5, 0.6) is 0 Å². The van der Waals surface area contributed by atoms with Crippen molar-refractivity contribution < 1.29 is 0 Å². The van der Waals surface area contributed by atoms with Crippen LogP contribution in [-0.2, 0) is 11.8 Å². The van der Waals surface area contributed by atoms with Gasteiger partial charge in [-0.2, -0.15) is 5.26 Å². The van der Waals surface area contributed by atoms with Crippen LogP contribution in [0.25, 0.3) is 49.0 Å². The number of hydrogen-bond acceptors (Lipinski definition) is 3. The predicted molar refractivity (Wildman–Crippen MR) is 183 cm³/mol. The van der Waals surface area contributed by atoms with Gasteiger partial charge in [-0.05, 0) is 51.6 Å². The van der Waals surface area contributed by atoms with Crippen molar-refractivity contribution in [2.75, 3.05) is 0 Å². The molecule has 0 radical (unpaired) electrons. The Kier molecular flexibility index (Phi) is 5.73. The van der Waals surface area contributed by atoms with Crippen LogP contribution in [0.15, 0.2) is 132 Å². The first kappa shape index (κ1) is 26.0. The molecule has 0 aliphatic heterocycles. The van der Waals surface area contributed by atoms with E-state index in [1.807, 2.05) is 24.3 Å². The first-order valence-corrected chi connectivity index (χ1v) is 15.0. The SMILES string of the molecule is CC1(C)C(/N=C(\Cc2cccc(C#N)c2)n2c3cc4ccccc4cc3c3ccc4ccccc4c32)=C(N)c2ccccc21. The number of allylic oxidation sites excluding steroid dienone is 1. The van der Waals surface area contributed by atoms with E-state index in [-0.39, 0.29) is 5.41 Å². The summed E-state index contributed by atoms with van der Waals surface area (Å²) in [5, 5.41) is 16.8. The highest BCUT2D eigenvalue weighted by Gasteiger charge is 2.37. The highest BCUT2D eigenvalue weighted by molar-refractivity contribution is 6.24. The van der Waals surface area contributed by atoms with E-state index in [9.17, 15) is 5.26 Å². The van der Waals surface area contributed by atoms with E-state index < -0.39 is 0 Å². The summed E-state index contributed by atoms with van der Waals surface area (Å²) in [6, 6.07) is 44.6. The van der Waals surface area contributed by atoms with Gasteiger partial charge in [-0.15, -0.1) is 0 Å². The number of nitrogens with two attached hydrogens (primary N) is 1. The van der Waals surface area contributed by atoms with Gasteiger partial charge in [0.2, 0.25) is 0 Å². The standard InChI is InChI=1S/C40H30N4/c1-40(2)34-17-8-7-16-32(34)37(42)39(40)43-36(21-25-10-9-11-26(20-25)24-41)44-35-23-29-14-4-3-13-28(29)22-33(35)31-19-18-27-12-5-6-15-30(27)38(31)44/h3-20,22-23H,21,42H2,1-2H3/b43-36+. The summed E-state index contributed by atoms with van der Waals surface area (Å²) >= 11 is 0. The van der Waals surface area contributed by atoms with Crippen LogP contribution in [0.4, 0.5) is 0 Å². The molecule has 210 valence electrons. The molecule has 4 nitrogen and oxygen atoms in total. The number of hydrogen-bond donors (Lipinski definition) is 1. The fourth-order valence-electron chi connectivity index (χ4n) is 7.02. The molecule has 0 fully saturated rings. The third-order valence-electron chi connectivity index (χ3n) is 9.17. The molecule has 7 aromatic rings. The number of rotatable bonds is 3. The molecule has 0 bridgehead atoms. The second kappa shape index (κ2) is 9.69. The molecule has 0 unspecified atom stereocenters. The minimum Gasteiger partial charge on any atom is -0.397 e. The lowest BCUT2D eigenvalue weighted by Gasteiger charge is -2.23. The molecule has 44 heavy (non-hydrogen) atoms. The first-order chi connectivity index (χ1) is 21.4. The van der Waals surface area contributed by atoms with Crippen molar-refractivity contribution in [2.24, 2.45) is 10.7 Å². The van der Waals surface area contributed by atoms with E-state index in [0.29, 0.717) is 17.7 Å². The molecular weight excluding hydrogens is 536 g/mol. The summed E-state index contributed by atoms with van der Waals surface area (Å²) in [6.45, 7) is 4.40. The molecule has 0 spiro atoms. The Morgan fingerprint density at radius 2 is 1.48 bits per heavy atom. The Bertz CT molecular complexity index is 2410. The van der Waals surface area contributed by atoms with Crippen LogP contribution in [0.2, 0.25) is 0 Å². The van der Waals surface area contributed by atoms with E-state index in [1.54, 1.807) is 0 Å². The van der Waals surface area contributed by atoms with Crippen molar-refractivity contribution in [3.63, 3.8) is 0 Å². The highest BCUT2D eigenvalue weighted by Crippen LogP contribution is 2.45. The van der Waals surface area contributed by atoms with Gasteiger partial charge in [0.15, 0.2) is 0 Å². The van der Waals surface area contributed by atoms with E-state index in [0.717, 1.165) is 33.7 Å². The molecule has 6 aromatic carbocycles. The zero-order valence-corrected chi connectivity index (χ0v) is 24.7. The van der Waals surface area contributed by atoms with Gasteiger partial charge in [-0.1, -0.05) is 111 Å². The van der Waals surface area contributed by atoms with Crippen LogP contribution in [0, 0.1) is 11.3 Å². The molecule has 0 saturated carbocycles. The quantitative estimate of drug-likeness (QED) is 0.171. The molecule has 1 heterocycles. The molecule has 0 saturated heterocycles. The average Bonchev–Trinajstić information content (AvgIpc) is 3.47. The zero-order chi connectivity index (χ0) is 30.0. The van der Waals surface area contributed by atoms with E-state index >= 15 is 0 Å². The largest absolute Gasteiger partial charge is 0.397 e. The number of aromatic nitrogens is 1. The minimum atomic E-state index is -0.381. The van der Waals surface area contributed by atoms with Gasteiger partial charge in [0.1, 0.15) is 5.84 Å². The van der Waals surface area contributed by atoms with Crippen LogP contribution in [0.1, 0.15) is 36.1 Å². The number of benzene rings is 6. The van der Waals surface area contributed by atoms with E-state index in [1.165, 1.54) is 37.9 Å². The first-order valence-electron chi connectivity index (χ1n) is 15.0. The Balaban J connectivity index is 1.51. The van der Waals surface area contributed by atoms with Gasteiger partial charge in [0, 0.05) is 33.6 Å². The lowest BCUT2D eigenvalue weighted by Crippen LogP contribution is -2.21. The molecule has 0 amide bonds. The maximum atomic E-state index is 9.71. The van der Waals surface area contributed by atoms with Gasteiger partial charge >= 0.3 is 0 Å². The fraction of sp³-hybridized carbons (Fsp3) is 0.100. The lowest BCUT2D eigenvalue weighted by atomic mass is 9.85. The summed E-state index contributed by atoms with van der Waals surface area (Å²) in [6.07, 6.45) is 0.521. The Morgan fingerprint density at radius 1 is 0.750 bits per heavy atom. The Labute approximate surface area is 256 Å². The van der Waals surface area contributed by atoms with Gasteiger partial charge in [0.25, 0.3) is 0 Å². The number of aliphatic imine (C=N–C) groups is 1. The van der Waals surface area contributed by atoms with E-state index in [4.69, 9.17) is 10.7 Å². The summed E-state index contributed by atoms with van der Waals surface area (Å²) < 4.78 is 2.35. The van der Waals surface area contributed by atoms with Crippen molar-refractivity contribution in [1.29, 1.82) is 5.26 Å². The number of nitriles is 1. The van der Waals surface area contributed by atoms with Crippen molar-refractivity contribution in [3.05, 3.63) is 149 Å². The molecule has 8 rings (SSSR count). The summed E-state index contributed by atoms with van der Waals surface area (Å²) in [5.74, 6) is 0.866. The van der Waals surface area contributed by atoms with Gasteiger partial charge in [0.05, 0.1) is 34.1 Å². The molecule has 1 aliphatic carbocycles. The van der Waals surface area contributed by atoms with Crippen molar-refractivity contribution >= 4 is 54.9 Å².